The van der Waals surface area contributed by atoms with Crippen LogP contribution in [0.2, 0.25) is 5.02 Å². The number of halogens is 1. The summed E-state index contributed by atoms with van der Waals surface area (Å²) < 4.78 is 15.5. The molecule has 0 amide bonds. The normalized spacial score (nSPS) is 10.2. The first kappa shape index (κ1) is 14.0. The highest BCUT2D eigenvalue weighted by Gasteiger charge is 2.03. The number of carbonyl (C=O) groups is 1. The third-order valence-electron chi connectivity index (χ3n) is 2.02. The Balaban J connectivity index is 2.33. The molecular weight excluding hydrogens is 244 g/mol. The van der Waals surface area contributed by atoms with E-state index in [1.807, 2.05) is 0 Å². The van der Waals surface area contributed by atoms with Crippen molar-refractivity contribution in [3.63, 3.8) is 0 Å². The van der Waals surface area contributed by atoms with Gasteiger partial charge in [0.15, 0.2) is 6.29 Å². The van der Waals surface area contributed by atoms with E-state index in [-0.39, 0.29) is 0 Å². The molecule has 4 nitrogen and oxygen atoms in total. The molecule has 0 aliphatic rings. The number of methoxy groups -OCH3 is 1. The molecule has 0 aliphatic heterocycles. The van der Waals surface area contributed by atoms with E-state index in [0.29, 0.717) is 49.0 Å². The predicted octanol–water partition coefficient (Wildman–Crippen LogP) is 2.19. The van der Waals surface area contributed by atoms with Crippen LogP contribution in [0.3, 0.4) is 0 Å². The molecule has 0 aromatic heterocycles. The van der Waals surface area contributed by atoms with Crippen molar-refractivity contribution in [1.82, 2.24) is 0 Å². The topological polar surface area (TPSA) is 44.8 Å². The van der Waals surface area contributed by atoms with Crippen LogP contribution in [-0.2, 0) is 9.47 Å². The molecule has 0 saturated carbocycles. The molecule has 0 aliphatic carbocycles. The largest absolute Gasteiger partial charge is 0.490 e. The van der Waals surface area contributed by atoms with Crippen LogP contribution in [0.5, 0.6) is 5.75 Å². The first-order valence-corrected chi connectivity index (χ1v) is 5.60. The third-order valence-corrected chi connectivity index (χ3v) is 2.25. The fourth-order valence-corrected chi connectivity index (χ4v) is 1.38. The number of hydrogen-bond donors (Lipinski definition) is 0. The second-order valence-electron chi connectivity index (χ2n) is 3.25. The highest BCUT2D eigenvalue weighted by Crippen LogP contribution is 2.21. The summed E-state index contributed by atoms with van der Waals surface area (Å²) in [7, 11) is 1.62. The Morgan fingerprint density at radius 2 is 2.00 bits per heavy atom. The van der Waals surface area contributed by atoms with Crippen molar-refractivity contribution in [2.75, 3.05) is 33.5 Å². The molecule has 5 heteroatoms. The van der Waals surface area contributed by atoms with E-state index in [4.69, 9.17) is 25.8 Å². The first-order chi connectivity index (χ1) is 8.27. The molecule has 0 unspecified atom stereocenters. The molecule has 1 rings (SSSR count). The zero-order valence-electron chi connectivity index (χ0n) is 9.65. The van der Waals surface area contributed by atoms with Crippen LogP contribution in [0.1, 0.15) is 10.4 Å². The number of hydrogen-bond acceptors (Lipinski definition) is 4. The Morgan fingerprint density at radius 3 is 2.71 bits per heavy atom. The Hall–Kier alpha value is -1.10. The Morgan fingerprint density at radius 1 is 1.24 bits per heavy atom. The summed E-state index contributed by atoms with van der Waals surface area (Å²) >= 11 is 5.76. The van der Waals surface area contributed by atoms with Crippen molar-refractivity contribution in [3.05, 3.63) is 28.8 Å². The summed E-state index contributed by atoms with van der Waals surface area (Å²) in [6, 6.07) is 4.91. The number of ether oxygens (including phenoxy) is 3. The molecule has 94 valence electrons. The minimum atomic E-state index is 0.381. The summed E-state index contributed by atoms with van der Waals surface area (Å²) in [6.07, 6.45) is 0.715. The van der Waals surface area contributed by atoms with Gasteiger partial charge in [-0.15, -0.1) is 0 Å². The number of rotatable bonds is 8. The molecule has 0 atom stereocenters. The minimum Gasteiger partial charge on any atom is -0.490 e. The van der Waals surface area contributed by atoms with E-state index >= 15 is 0 Å². The maximum Gasteiger partial charge on any atom is 0.153 e. The molecule has 1 aromatic carbocycles. The van der Waals surface area contributed by atoms with E-state index in [0.717, 1.165) is 0 Å². The predicted molar refractivity (Wildman–Crippen MR) is 65.0 cm³/mol. The van der Waals surface area contributed by atoms with Crippen molar-refractivity contribution in [1.29, 1.82) is 0 Å². The van der Waals surface area contributed by atoms with E-state index in [1.54, 1.807) is 25.3 Å². The average molecular weight is 259 g/mol. The molecular formula is C12H15ClO4. The Kier molecular flexibility index (Phi) is 6.62. The lowest BCUT2D eigenvalue weighted by molar-refractivity contribution is 0.0543. The van der Waals surface area contributed by atoms with Gasteiger partial charge in [-0.1, -0.05) is 11.6 Å². The lowest BCUT2D eigenvalue weighted by atomic mass is 10.2. The molecule has 0 N–H and O–H groups in total. The molecule has 0 saturated heterocycles. The zero-order valence-corrected chi connectivity index (χ0v) is 10.4. The van der Waals surface area contributed by atoms with Crippen molar-refractivity contribution >= 4 is 17.9 Å². The average Bonchev–Trinajstić information content (AvgIpc) is 2.35. The van der Waals surface area contributed by atoms with Crippen molar-refractivity contribution in [2.45, 2.75) is 0 Å². The summed E-state index contributed by atoms with van der Waals surface area (Å²) in [5.74, 6) is 0.514. The van der Waals surface area contributed by atoms with Crippen LogP contribution in [0.15, 0.2) is 18.2 Å². The fraction of sp³-hybridized carbons (Fsp3) is 0.417. The summed E-state index contributed by atoms with van der Waals surface area (Å²) in [5.41, 5.74) is 0.439. The van der Waals surface area contributed by atoms with Gasteiger partial charge in [-0.25, -0.2) is 0 Å². The number of benzene rings is 1. The quantitative estimate of drug-likeness (QED) is 0.530. The van der Waals surface area contributed by atoms with Gasteiger partial charge in [0.05, 0.1) is 25.4 Å². The van der Waals surface area contributed by atoms with Crippen molar-refractivity contribution in [3.8, 4) is 5.75 Å². The van der Waals surface area contributed by atoms with Gasteiger partial charge in [-0.3, -0.25) is 4.79 Å². The maximum atomic E-state index is 10.8. The van der Waals surface area contributed by atoms with Crippen molar-refractivity contribution in [2.24, 2.45) is 0 Å². The zero-order chi connectivity index (χ0) is 12.5. The van der Waals surface area contributed by atoms with Crippen LogP contribution >= 0.6 is 11.6 Å². The van der Waals surface area contributed by atoms with Crippen molar-refractivity contribution < 1.29 is 19.0 Å². The molecule has 17 heavy (non-hydrogen) atoms. The third kappa shape index (κ3) is 5.17. The van der Waals surface area contributed by atoms with Gasteiger partial charge >= 0.3 is 0 Å². The van der Waals surface area contributed by atoms with Gasteiger partial charge in [-0.2, -0.15) is 0 Å². The molecule has 0 heterocycles. The summed E-state index contributed by atoms with van der Waals surface area (Å²) in [4.78, 5) is 10.8. The van der Waals surface area contributed by atoms with Gasteiger partial charge in [0, 0.05) is 12.1 Å². The van der Waals surface area contributed by atoms with Crippen LogP contribution in [0, 0.1) is 0 Å². The summed E-state index contributed by atoms with van der Waals surface area (Å²) in [6.45, 7) is 1.91. The number of carbonyl (C=O) groups excluding carboxylic acids is 1. The Bertz CT molecular complexity index is 354. The molecule has 0 fully saturated rings. The van der Waals surface area contributed by atoms with E-state index in [1.165, 1.54) is 0 Å². The minimum absolute atomic E-state index is 0.381. The Labute approximate surface area is 105 Å². The first-order valence-electron chi connectivity index (χ1n) is 5.22. The highest BCUT2D eigenvalue weighted by atomic mass is 35.5. The van der Waals surface area contributed by atoms with Crippen LogP contribution < -0.4 is 4.74 Å². The van der Waals surface area contributed by atoms with E-state index < -0.39 is 0 Å². The van der Waals surface area contributed by atoms with Gasteiger partial charge < -0.3 is 14.2 Å². The van der Waals surface area contributed by atoms with E-state index in [2.05, 4.69) is 0 Å². The molecule has 0 spiro atoms. The van der Waals surface area contributed by atoms with Crippen LogP contribution in [0.25, 0.3) is 0 Å². The second-order valence-corrected chi connectivity index (χ2v) is 3.69. The van der Waals surface area contributed by atoms with Gasteiger partial charge in [0.25, 0.3) is 0 Å². The fourth-order valence-electron chi connectivity index (χ4n) is 1.20. The summed E-state index contributed by atoms with van der Waals surface area (Å²) in [5, 5.41) is 0.510. The smallest absolute Gasteiger partial charge is 0.153 e. The lowest BCUT2D eigenvalue weighted by Crippen LogP contribution is -2.10. The second kappa shape index (κ2) is 8.06. The molecule has 0 bridgehead atoms. The number of aldehydes is 1. The van der Waals surface area contributed by atoms with Gasteiger partial charge in [-0.05, 0) is 18.2 Å². The van der Waals surface area contributed by atoms with E-state index in [9.17, 15) is 4.79 Å². The monoisotopic (exact) mass is 258 g/mol. The molecule has 1 aromatic rings. The van der Waals surface area contributed by atoms with Gasteiger partial charge in [0.2, 0.25) is 0 Å². The maximum absolute atomic E-state index is 10.8. The van der Waals surface area contributed by atoms with Crippen LogP contribution in [-0.4, -0.2) is 39.8 Å². The SMILES string of the molecule is COCCOCCOc1ccc(Cl)cc1C=O. The highest BCUT2D eigenvalue weighted by molar-refractivity contribution is 6.30. The molecule has 0 radical (unpaired) electrons. The van der Waals surface area contributed by atoms with Crippen LogP contribution in [0.4, 0.5) is 0 Å². The van der Waals surface area contributed by atoms with Gasteiger partial charge in [0.1, 0.15) is 12.4 Å². The lowest BCUT2D eigenvalue weighted by Gasteiger charge is -2.09. The standard InChI is InChI=1S/C12H15ClO4/c1-15-4-5-16-6-7-17-12-3-2-11(13)8-10(12)9-14/h2-3,8-9H,4-7H2,1H3.